The van der Waals surface area contributed by atoms with Crippen molar-refractivity contribution < 1.29 is 8.78 Å². The summed E-state index contributed by atoms with van der Waals surface area (Å²) in [6.45, 7) is 1.12. The highest BCUT2D eigenvalue weighted by molar-refractivity contribution is 9.10. The van der Waals surface area contributed by atoms with Gasteiger partial charge in [-0.2, -0.15) is 0 Å². The average Bonchev–Trinajstić information content (AvgIpc) is 2.79. The smallest absolute Gasteiger partial charge is 0.263 e. The third kappa shape index (κ3) is 1.17. The van der Waals surface area contributed by atoms with Gasteiger partial charge >= 0.3 is 0 Å². The summed E-state index contributed by atoms with van der Waals surface area (Å²) >= 11 is 3.33. The molecule has 2 unspecified atom stereocenters. The summed E-state index contributed by atoms with van der Waals surface area (Å²) in [6, 6.07) is 7.34. The summed E-state index contributed by atoms with van der Waals surface area (Å²) < 4.78 is 28.7. The number of piperidine rings is 1. The summed E-state index contributed by atoms with van der Waals surface area (Å²) in [5.41, 5.74) is -0.105. The summed E-state index contributed by atoms with van der Waals surface area (Å²) in [4.78, 5) is 0. The Bertz CT molecular complexity index is 418. The Kier molecular flexibility index (Phi) is 2.17. The van der Waals surface area contributed by atoms with E-state index < -0.39 is 17.3 Å². The lowest BCUT2D eigenvalue weighted by Gasteiger charge is -2.21. The SMILES string of the molecule is FC1(F)C2CNCCC21c1ccc(Br)cc1. The van der Waals surface area contributed by atoms with Gasteiger partial charge in [-0.25, -0.2) is 8.78 Å². The Hall–Kier alpha value is -0.480. The van der Waals surface area contributed by atoms with Gasteiger partial charge in [0, 0.05) is 11.0 Å². The van der Waals surface area contributed by atoms with Crippen LogP contribution in [0.25, 0.3) is 0 Å². The molecule has 0 amide bonds. The second-order valence-corrected chi connectivity index (χ2v) is 5.52. The lowest BCUT2D eigenvalue weighted by molar-refractivity contribution is 0.0781. The molecule has 0 aromatic heterocycles. The van der Waals surface area contributed by atoms with Crippen LogP contribution in [-0.2, 0) is 5.41 Å². The monoisotopic (exact) mass is 287 g/mol. The zero-order valence-electron chi connectivity index (χ0n) is 8.64. The second kappa shape index (κ2) is 3.26. The Morgan fingerprint density at radius 2 is 1.94 bits per heavy atom. The summed E-state index contributed by atoms with van der Waals surface area (Å²) in [6.07, 6.45) is 0.534. The number of alkyl halides is 2. The number of halogens is 3. The van der Waals surface area contributed by atoms with Gasteiger partial charge in [0.05, 0.1) is 11.3 Å². The molecule has 1 saturated carbocycles. The quantitative estimate of drug-likeness (QED) is 0.837. The molecule has 16 heavy (non-hydrogen) atoms. The van der Waals surface area contributed by atoms with Crippen molar-refractivity contribution in [3.05, 3.63) is 34.3 Å². The van der Waals surface area contributed by atoms with E-state index in [9.17, 15) is 8.78 Å². The molecule has 1 saturated heterocycles. The lowest BCUT2D eigenvalue weighted by Crippen LogP contribution is -2.31. The zero-order chi connectivity index (χ0) is 11.4. The maximum Gasteiger partial charge on any atom is 0.263 e. The minimum absolute atomic E-state index is 0.434. The van der Waals surface area contributed by atoms with Crippen LogP contribution in [-0.4, -0.2) is 19.0 Å². The molecule has 3 rings (SSSR count). The van der Waals surface area contributed by atoms with Gasteiger partial charge in [-0.05, 0) is 30.7 Å². The van der Waals surface area contributed by atoms with Gasteiger partial charge in [0.1, 0.15) is 0 Å². The molecule has 1 aromatic rings. The van der Waals surface area contributed by atoms with Crippen LogP contribution in [0.1, 0.15) is 12.0 Å². The molecule has 1 nitrogen and oxygen atoms in total. The van der Waals surface area contributed by atoms with E-state index in [2.05, 4.69) is 21.2 Å². The van der Waals surface area contributed by atoms with Crippen molar-refractivity contribution in [1.29, 1.82) is 0 Å². The van der Waals surface area contributed by atoms with Crippen LogP contribution in [0.3, 0.4) is 0 Å². The van der Waals surface area contributed by atoms with E-state index in [4.69, 9.17) is 0 Å². The van der Waals surface area contributed by atoms with Crippen molar-refractivity contribution in [1.82, 2.24) is 5.32 Å². The highest BCUT2D eigenvalue weighted by atomic mass is 79.9. The molecule has 2 atom stereocenters. The van der Waals surface area contributed by atoms with E-state index in [1.54, 1.807) is 0 Å². The van der Waals surface area contributed by atoms with Crippen LogP contribution in [0.15, 0.2) is 28.7 Å². The first-order valence-corrected chi connectivity index (χ1v) is 6.23. The summed E-state index contributed by atoms with van der Waals surface area (Å²) in [5, 5.41) is 3.05. The summed E-state index contributed by atoms with van der Waals surface area (Å²) in [7, 11) is 0. The molecular formula is C12H12BrF2N. The fourth-order valence-corrected chi connectivity index (χ4v) is 3.26. The first-order chi connectivity index (χ1) is 7.59. The van der Waals surface area contributed by atoms with Crippen LogP contribution in [0.4, 0.5) is 8.78 Å². The predicted molar refractivity (Wildman–Crippen MR) is 61.7 cm³/mol. The van der Waals surface area contributed by atoms with Crippen LogP contribution < -0.4 is 5.32 Å². The van der Waals surface area contributed by atoms with E-state index in [0.29, 0.717) is 19.5 Å². The minimum atomic E-state index is -2.54. The Labute approximate surface area is 101 Å². The Morgan fingerprint density at radius 3 is 2.56 bits per heavy atom. The molecule has 0 bridgehead atoms. The van der Waals surface area contributed by atoms with Crippen molar-refractivity contribution in [2.75, 3.05) is 13.1 Å². The average molecular weight is 288 g/mol. The first kappa shape index (κ1) is 10.7. The van der Waals surface area contributed by atoms with Gasteiger partial charge in [0.15, 0.2) is 0 Å². The van der Waals surface area contributed by atoms with Crippen LogP contribution >= 0.6 is 15.9 Å². The Balaban J connectivity index is 2.02. The van der Waals surface area contributed by atoms with Crippen LogP contribution in [0, 0.1) is 5.92 Å². The molecular weight excluding hydrogens is 276 g/mol. The van der Waals surface area contributed by atoms with E-state index in [1.807, 2.05) is 24.3 Å². The second-order valence-electron chi connectivity index (χ2n) is 4.61. The fourth-order valence-electron chi connectivity index (χ4n) is 2.99. The van der Waals surface area contributed by atoms with E-state index in [0.717, 1.165) is 10.0 Å². The minimum Gasteiger partial charge on any atom is -0.316 e. The third-order valence-electron chi connectivity index (χ3n) is 3.95. The topological polar surface area (TPSA) is 12.0 Å². The number of hydrogen-bond acceptors (Lipinski definition) is 1. The molecule has 2 fully saturated rings. The molecule has 4 heteroatoms. The molecule has 86 valence electrons. The third-order valence-corrected chi connectivity index (χ3v) is 4.48. The Morgan fingerprint density at radius 1 is 1.25 bits per heavy atom. The zero-order valence-corrected chi connectivity index (χ0v) is 10.2. The van der Waals surface area contributed by atoms with Crippen molar-refractivity contribution in [2.24, 2.45) is 5.92 Å². The van der Waals surface area contributed by atoms with E-state index >= 15 is 0 Å². The number of nitrogens with one attached hydrogen (secondary N) is 1. The first-order valence-electron chi connectivity index (χ1n) is 5.43. The molecule has 1 N–H and O–H groups in total. The number of rotatable bonds is 1. The van der Waals surface area contributed by atoms with Crippen LogP contribution in [0.2, 0.25) is 0 Å². The molecule has 1 heterocycles. The molecule has 1 aliphatic heterocycles. The highest BCUT2D eigenvalue weighted by Gasteiger charge is 2.80. The largest absolute Gasteiger partial charge is 0.316 e. The van der Waals surface area contributed by atoms with Crippen molar-refractivity contribution in [3.63, 3.8) is 0 Å². The standard InChI is InChI=1S/C12H12BrF2N/c13-9-3-1-8(2-4-9)11-5-6-16-7-10(11)12(11,14)15/h1-4,10,16H,5-7H2. The van der Waals surface area contributed by atoms with Gasteiger partial charge in [0.25, 0.3) is 5.92 Å². The predicted octanol–water partition coefficient (Wildman–Crippen LogP) is 2.95. The normalized spacial score (nSPS) is 35.6. The highest BCUT2D eigenvalue weighted by Crippen LogP contribution is 2.69. The molecule has 2 aliphatic rings. The summed E-state index contributed by atoms with van der Waals surface area (Å²) in [5.74, 6) is -3.06. The van der Waals surface area contributed by atoms with E-state index in [-0.39, 0.29) is 0 Å². The maximum absolute atomic E-state index is 13.9. The van der Waals surface area contributed by atoms with Gasteiger partial charge < -0.3 is 5.32 Å². The molecule has 0 spiro atoms. The van der Waals surface area contributed by atoms with Gasteiger partial charge in [-0.1, -0.05) is 28.1 Å². The van der Waals surface area contributed by atoms with Crippen molar-refractivity contribution >= 4 is 15.9 Å². The van der Waals surface area contributed by atoms with Gasteiger partial charge in [-0.3, -0.25) is 0 Å². The molecule has 1 aliphatic carbocycles. The van der Waals surface area contributed by atoms with Crippen LogP contribution in [0.5, 0.6) is 0 Å². The number of hydrogen-bond donors (Lipinski definition) is 1. The molecule has 0 radical (unpaired) electrons. The van der Waals surface area contributed by atoms with E-state index in [1.165, 1.54) is 0 Å². The fraction of sp³-hybridized carbons (Fsp3) is 0.500. The maximum atomic E-state index is 13.9. The number of fused-ring (bicyclic) bond motifs is 1. The number of benzene rings is 1. The molecule has 1 aromatic carbocycles. The lowest BCUT2D eigenvalue weighted by atomic mass is 9.87. The van der Waals surface area contributed by atoms with Gasteiger partial charge in [0.2, 0.25) is 0 Å². The van der Waals surface area contributed by atoms with Crippen molar-refractivity contribution in [3.8, 4) is 0 Å². The van der Waals surface area contributed by atoms with Gasteiger partial charge in [-0.15, -0.1) is 0 Å². The van der Waals surface area contributed by atoms with Crippen molar-refractivity contribution in [2.45, 2.75) is 17.8 Å².